The third-order valence-electron chi connectivity index (χ3n) is 8.13. The van der Waals surface area contributed by atoms with E-state index in [0.29, 0.717) is 36.6 Å². The molecule has 0 aliphatic carbocycles. The summed E-state index contributed by atoms with van der Waals surface area (Å²) < 4.78 is 22.1. The lowest BCUT2D eigenvalue weighted by atomic mass is 9.86. The van der Waals surface area contributed by atoms with Crippen LogP contribution in [-0.4, -0.2) is 51.0 Å². The molecule has 0 bridgehead atoms. The molecule has 1 aromatic carbocycles. The Kier molecular flexibility index (Phi) is 18.4. The summed E-state index contributed by atoms with van der Waals surface area (Å²) in [6.45, 7) is 8.87. The maximum atomic E-state index is 13.5. The lowest BCUT2D eigenvalue weighted by molar-refractivity contribution is 0.0501. The molecule has 0 aliphatic heterocycles. The van der Waals surface area contributed by atoms with Crippen molar-refractivity contribution in [3.05, 3.63) is 46.3 Å². The highest BCUT2D eigenvalue weighted by Crippen LogP contribution is 2.41. The van der Waals surface area contributed by atoms with Crippen molar-refractivity contribution in [1.82, 2.24) is 4.98 Å². The molecule has 0 aliphatic rings. The second kappa shape index (κ2) is 21.7. The van der Waals surface area contributed by atoms with Crippen molar-refractivity contribution >= 4 is 11.9 Å². The summed E-state index contributed by atoms with van der Waals surface area (Å²) in [5, 5.41) is 0. The minimum atomic E-state index is -0.678. The fraction of sp³-hybridized carbons (Fsp3) is 0.649. The van der Waals surface area contributed by atoms with Gasteiger partial charge in [-0.15, -0.1) is 0 Å². The number of carbonyl (C=O) groups excluding carboxylic acids is 2. The van der Waals surface area contributed by atoms with Gasteiger partial charge in [-0.1, -0.05) is 96.1 Å². The highest BCUT2D eigenvalue weighted by molar-refractivity contribution is 6.08. The molecule has 0 spiro atoms. The van der Waals surface area contributed by atoms with E-state index in [1.807, 2.05) is 26.0 Å². The zero-order chi connectivity index (χ0) is 32.2. The number of hydrogen-bond acceptors (Lipinski definition) is 7. The molecule has 1 heterocycles. The van der Waals surface area contributed by atoms with Gasteiger partial charge in [0.15, 0.2) is 5.69 Å². The fourth-order valence-corrected chi connectivity index (χ4v) is 5.85. The number of esters is 2. The number of benzene rings is 1. The van der Waals surface area contributed by atoms with E-state index in [1.165, 1.54) is 77.7 Å². The molecule has 0 radical (unpaired) electrons. The molecule has 0 atom stereocenters. The van der Waals surface area contributed by atoms with Crippen molar-refractivity contribution in [2.24, 2.45) is 0 Å². The molecule has 2 rings (SSSR count). The number of unbranched alkanes of at least 4 members (excludes halogenated alkanes) is 12. The zero-order valence-electron chi connectivity index (χ0n) is 28.4. The lowest BCUT2D eigenvalue weighted by Crippen LogP contribution is -2.20. The van der Waals surface area contributed by atoms with Crippen LogP contribution in [-0.2, 0) is 27.1 Å². The minimum absolute atomic E-state index is 0.0437. The maximum absolute atomic E-state index is 13.5. The number of ether oxygens (including phenoxy) is 4. The van der Waals surface area contributed by atoms with Crippen molar-refractivity contribution in [3.63, 3.8) is 0 Å². The standard InChI is InChI=1S/C37H57NO6/c1-7-10-11-12-13-14-15-16-17-18-19-20-21-23-29-24-22-25-31(43-8-2)32(29)33-30(26-27-41-5)28(4)38-35(37(40)42-6)34(33)36(39)44-9-3/h22,24-25H,7-21,23,26-27H2,1-6H3. The first-order valence-electron chi connectivity index (χ1n) is 17.0. The summed E-state index contributed by atoms with van der Waals surface area (Å²) >= 11 is 0. The Labute approximate surface area is 266 Å². The van der Waals surface area contributed by atoms with Gasteiger partial charge in [0.05, 0.1) is 26.9 Å². The Hall–Kier alpha value is -2.93. The number of aryl methyl sites for hydroxylation is 2. The molecular weight excluding hydrogens is 554 g/mol. The van der Waals surface area contributed by atoms with Crippen LogP contribution in [0.1, 0.15) is 142 Å². The maximum Gasteiger partial charge on any atom is 0.357 e. The van der Waals surface area contributed by atoms with E-state index < -0.39 is 11.9 Å². The van der Waals surface area contributed by atoms with Gasteiger partial charge in [-0.3, -0.25) is 0 Å². The van der Waals surface area contributed by atoms with Gasteiger partial charge in [-0.05, 0) is 57.2 Å². The summed E-state index contributed by atoms with van der Waals surface area (Å²) in [6, 6.07) is 6.02. The molecule has 0 saturated carbocycles. The van der Waals surface area contributed by atoms with Crippen LogP contribution in [0.3, 0.4) is 0 Å². The third-order valence-corrected chi connectivity index (χ3v) is 8.13. The van der Waals surface area contributed by atoms with Gasteiger partial charge in [0.2, 0.25) is 0 Å². The molecule has 0 saturated heterocycles. The van der Waals surface area contributed by atoms with E-state index in [-0.39, 0.29) is 17.9 Å². The van der Waals surface area contributed by atoms with Gasteiger partial charge in [0.1, 0.15) is 11.3 Å². The predicted molar refractivity (Wildman–Crippen MR) is 178 cm³/mol. The summed E-state index contributed by atoms with van der Waals surface area (Å²) in [5.74, 6) is -0.611. The van der Waals surface area contributed by atoms with Crippen LogP contribution >= 0.6 is 0 Å². The average molecular weight is 612 g/mol. The van der Waals surface area contributed by atoms with Crippen LogP contribution in [0.4, 0.5) is 0 Å². The molecule has 0 amide bonds. The molecule has 2 aromatic rings. The molecular formula is C37H57NO6. The summed E-state index contributed by atoms with van der Waals surface area (Å²) in [7, 11) is 2.94. The highest BCUT2D eigenvalue weighted by Gasteiger charge is 2.31. The van der Waals surface area contributed by atoms with Crippen LogP contribution in [0, 0.1) is 6.92 Å². The van der Waals surface area contributed by atoms with Crippen molar-refractivity contribution in [2.75, 3.05) is 34.0 Å². The Morgan fingerprint density at radius 3 is 1.89 bits per heavy atom. The van der Waals surface area contributed by atoms with Gasteiger partial charge in [0, 0.05) is 23.9 Å². The van der Waals surface area contributed by atoms with E-state index >= 15 is 0 Å². The largest absolute Gasteiger partial charge is 0.493 e. The minimum Gasteiger partial charge on any atom is -0.493 e. The fourth-order valence-electron chi connectivity index (χ4n) is 5.85. The summed E-state index contributed by atoms with van der Waals surface area (Å²) in [6.07, 6.45) is 18.2. The quantitative estimate of drug-likeness (QED) is 0.0915. The molecule has 0 N–H and O–H groups in total. The first-order valence-corrected chi connectivity index (χ1v) is 17.0. The van der Waals surface area contributed by atoms with Gasteiger partial charge in [-0.25, -0.2) is 14.6 Å². The Balaban J connectivity index is 2.32. The van der Waals surface area contributed by atoms with Crippen LogP contribution in [0.15, 0.2) is 18.2 Å². The number of carbonyl (C=O) groups is 2. The van der Waals surface area contributed by atoms with E-state index in [2.05, 4.69) is 18.0 Å². The van der Waals surface area contributed by atoms with E-state index in [1.54, 1.807) is 14.0 Å². The molecule has 7 heteroatoms. The van der Waals surface area contributed by atoms with Gasteiger partial charge in [-0.2, -0.15) is 0 Å². The predicted octanol–water partition coefficient (Wildman–Crippen LogP) is 9.24. The van der Waals surface area contributed by atoms with Crippen LogP contribution in [0.2, 0.25) is 0 Å². The smallest absolute Gasteiger partial charge is 0.357 e. The SMILES string of the molecule is CCCCCCCCCCCCCCCc1cccc(OCC)c1-c1c(CCOC)c(C)nc(C(=O)OC)c1C(=O)OCC. The Bertz CT molecular complexity index is 1150. The second-order valence-corrected chi connectivity index (χ2v) is 11.4. The van der Waals surface area contributed by atoms with E-state index in [0.717, 1.165) is 36.0 Å². The number of aromatic nitrogens is 1. The van der Waals surface area contributed by atoms with Gasteiger partial charge >= 0.3 is 11.9 Å². The molecule has 1 aromatic heterocycles. The van der Waals surface area contributed by atoms with Crippen molar-refractivity contribution in [3.8, 4) is 16.9 Å². The third kappa shape index (κ3) is 11.5. The molecule has 44 heavy (non-hydrogen) atoms. The summed E-state index contributed by atoms with van der Waals surface area (Å²) in [5.41, 5.74) is 4.07. The number of hydrogen-bond donors (Lipinski definition) is 0. The van der Waals surface area contributed by atoms with Crippen LogP contribution < -0.4 is 4.74 Å². The van der Waals surface area contributed by atoms with E-state index in [4.69, 9.17) is 18.9 Å². The molecule has 246 valence electrons. The highest BCUT2D eigenvalue weighted by atomic mass is 16.5. The first-order chi connectivity index (χ1) is 21.4. The molecule has 0 fully saturated rings. The average Bonchev–Trinajstić information content (AvgIpc) is 3.02. The van der Waals surface area contributed by atoms with Gasteiger partial charge < -0.3 is 18.9 Å². The van der Waals surface area contributed by atoms with Gasteiger partial charge in [0.25, 0.3) is 0 Å². The topological polar surface area (TPSA) is 84.0 Å². The Morgan fingerprint density at radius 2 is 1.34 bits per heavy atom. The molecule has 0 unspecified atom stereocenters. The first kappa shape index (κ1) is 37.3. The summed E-state index contributed by atoms with van der Waals surface area (Å²) in [4.78, 5) is 31.1. The monoisotopic (exact) mass is 611 g/mol. The van der Waals surface area contributed by atoms with Crippen LogP contribution in [0.25, 0.3) is 11.1 Å². The van der Waals surface area contributed by atoms with E-state index in [9.17, 15) is 9.59 Å². The lowest BCUT2D eigenvalue weighted by Gasteiger charge is -2.23. The van der Waals surface area contributed by atoms with Crippen molar-refractivity contribution in [2.45, 2.75) is 124 Å². The molecule has 7 nitrogen and oxygen atoms in total. The number of methoxy groups -OCH3 is 2. The number of pyridine rings is 1. The Morgan fingerprint density at radius 1 is 0.727 bits per heavy atom. The number of rotatable bonds is 23. The van der Waals surface area contributed by atoms with Crippen LogP contribution in [0.5, 0.6) is 5.75 Å². The zero-order valence-corrected chi connectivity index (χ0v) is 28.4. The normalized spacial score (nSPS) is 11.0. The van der Waals surface area contributed by atoms with Crippen molar-refractivity contribution < 1.29 is 28.5 Å². The second-order valence-electron chi connectivity index (χ2n) is 11.4. The van der Waals surface area contributed by atoms with Crippen molar-refractivity contribution in [1.29, 1.82) is 0 Å². The number of nitrogens with zero attached hydrogens (tertiary/aromatic N) is 1.